The van der Waals surface area contributed by atoms with E-state index in [9.17, 15) is 5.26 Å². The Morgan fingerprint density at radius 3 is 2.38 bits per heavy atom. The maximum absolute atomic E-state index is 9.38. The van der Waals surface area contributed by atoms with Gasteiger partial charge in [0, 0.05) is 33.5 Å². The first-order valence-electron chi connectivity index (χ1n) is 13.2. The number of nitrogens with zero attached hydrogens (tertiary/aromatic N) is 3. The van der Waals surface area contributed by atoms with Gasteiger partial charge in [0.1, 0.15) is 11.2 Å². The molecule has 0 atom stereocenters. The summed E-state index contributed by atoms with van der Waals surface area (Å²) in [7, 11) is 0. The predicted molar refractivity (Wildman–Crippen MR) is 161 cm³/mol. The minimum atomic E-state index is 0.595. The molecule has 8 aromatic rings. The molecule has 3 heterocycles. The van der Waals surface area contributed by atoms with Gasteiger partial charge in [0.2, 0.25) is 0 Å². The van der Waals surface area contributed by atoms with Crippen molar-refractivity contribution in [1.29, 1.82) is 5.26 Å². The van der Waals surface area contributed by atoms with Crippen LogP contribution in [0.2, 0.25) is 0 Å². The zero-order valence-electron chi connectivity index (χ0n) is 21.4. The number of pyridine rings is 1. The van der Waals surface area contributed by atoms with E-state index in [-0.39, 0.29) is 0 Å². The maximum Gasteiger partial charge on any atom is 0.145 e. The number of furan rings is 1. The van der Waals surface area contributed by atoms with E-state index in [4.69, 9.17) is 4.42 Å². The fourth-order valence-electron chi connectivity index (χ4n) is 5.91. The van der Waals surface area contributed by atoms with Gasteiger partial charge in [-0.05, 0) is 54.1 Å². The Labute approximate surface area is 230 Å². The number of para-hydroxylation sites is 3. The highest BCUT2D eigenvalue weighted by atomic mass is 16.3. The Balaban J connectivity index is 1.40. The van der Waals surface area contributed by atoms with E-state index in [2.05, 4.69) is 101 Å². The van der Waals surface area contributed by atoms with Gasteiger partial charge >= 0.3 is 0 Å². The molecule has 0 radical (unpaired) electrons. The molecule has 0 N–H and O–H groups in total. The number of nitriles is 1. The standard InChI is InChI=1S/C36H21N3O/c37-22-23-18-19-38-30(20-23)25-9-7-8-24(21-25)26-10-1-4-13-31(26)39-32-14-5-2-12-29(32)35-33(39)17-16-28-27-11-3-6-15-34(27)40-36(28)35/h1-21H. The van der Waals surface area contributed by atoms with Crippen molar-refractivity contribution in [2.45, 2.75) is 0 Å². The topological polar surface area (TPSA) is 54.8 Å². The second kappa shape index (κ2) is 8.69. The van der Waals surface area contributed by atoms with Crippen LogP contribution in [0.4, 0.5) is 0 Å². The summed E-state index contributed by atoms with van der Waals surface area (Å²) < 4.78 is 8.82. The monoisotopic (exact) mass is 511 g/mol. The molecule has 0 saturated heterocycles. The minimum absolute atomic E-state index is 0.595. The van der Waals surface area contributed by atoms with E-state index in [1.165, 1.54) is 0 Å². The van der Waals surface area contributed by atoms with Gasteiger partial charge in [-0.15, -0.1) is 0 Å². The zero-order valence-corrected chi connectivity index (χ0v) is 21.4. The highest BCUT2D eigenvalue weighted by Gasteiger charge is 2.20. The average molecular weight is 512 g/mol. The Morgan fingerprint density at radius 2 is 1.45 bits per heavy atom. The summed E-state index contributed by atoms with van der Waals surface area (Å²) in [4.78, 5) is 4.53. The summed E-state index contributed by atoms with van der Waals surface area (Å²) in [5, 5.41) is 13.9. The number of fused-ring (bicyclic) bond motifs is 7. The van der Waals surface area contributed by atoms with Gasteiger partial charge in [-0.3, -0.25) is 4.98 Å². The molecule has 4 heteroatoms. The van der Waals surface area contributed by atoms with Crippen LogP contribution in [0.1, 0.15) is 5.56 Å². The molecule has 0 spiro atoms. The van der Waals surface area contributed by atoms with Crippen LogP contribution >= 0.6 is 0 Å². The number of hydrogen-bond acceptors (Lipinski definition) is 3. The molecule has 4 nitrogen and oxygen atoms in total. The molecule has 0 aliphatic carbocycles. The lowest BCUT2D eigenvalue weighted by molar-refractivity contribution is 0.673. The fourth-order valence-corrected chi connectivity index (χ4v) is 5.91. The summed E-state index contributed by atoms with van der Waals surface area (Å²) in [6, 6.07) is 43.8. The van der Waals surface area contributed by atoms with Crippen molar-refractivity contribution in [2.24, 2.45) is 0 Å². The Kier molecular flexibility index (Phi) is 4.85. The number of hydrogen-bond donors (Lipinski definition) is 0. The van der Waals surface area contributed by atoms with Crippen molar-refractivity contribution in [3.63, 3.8) is 0 Å². The van der Waals surface area contributed by atoms with Gasteiger partial charge in [-0.25, -0.2) is 0 Å². The summed E-state index contributed by atoms with van der Waals surface area (Å²) in [5.41, 5.74) is 9.64. The van der Waals surface area contributed by atoms with Gasteiger partial charge < -0.3 is 8.98 Å². The van der Waals surface area contributed by atoms with Gasteiger partial charge in [-0.2, -0.15) is 5.26 Å². The molecular formula is C36H21N3O. The molecule has 0 bridgehead atoms. The lowest BCUT2D eigenvalue weighted by Crippen LogP contribution is -1.97. The first kappa shape index (κ1) is 22.3. The van der Waals surface area contributed by atoms with Crippen LogP contribution in [0.5, 0.6) is 0 Å². The molecule has 0 saturated carbocycles. The van der Waals surface area contributed by atoms with Crippen LogP contribution in [-0.2, 0) is 0 Å². The Hall–Kier alpha value is -5.66. The number of rotatable bonds is 3. The van der Waals surface area contributed by atoms with Gasteiger partial charge in [-0.1, -0.05) is 72.8 Å². The molecular weight excluding hydrogens is 490 g/mol. The Bertz CT molecular complexity index is 2300. The molecule has 3 aromatic heterocycles. The lowest BCUT2D eigenvalue weighted by atomic mass is 9.99. The molecule has 40 heavy (non-hydrogen) atoms. The largest absolute Gasteiger partial charge is 0.455 e. The van der Waals surface area contributed by atoms with Crippen LogP contribution in [0, 0.1) is 11.3 Å². The molecule has 186 valence electrons. The van der Waals surface area contributed by atoms with E-state index >= 15 is 0 Å². The first-order valence-corrected chi connectivity index (χ1v) is 13.2. The second-order valence-electron chi connectivity index (χ2n) is 9.93. The fraction of sp³-hybridized carbons (Fsp3) is 0. The van der Waals surface area contributed by atoms with Crippen LogP contribution in [-0.4, -0.2) is 9.55 Å². The van der Waals surface area contributed by atoms with Crippen LogP contribution < -0.4 is 0 Å². The average Bonchev–Trinajstić information content (AvgIpc) is 3.57. The van der Waals surface area contributed by atoms with Crippen LogP contribution in [0.25, 0.3) is 71.8 Å². The number of benzene rings is 5. The zero-order chi connectivity index (χ0) is 26.6. The lowest BCUT2D eigenvalue weighted by Gasteiger charge is -2.14. The second-order valence-corrected chi connectivity index (χ2v) is 9.93. The molecule has 0 aliphatic heterocycles. The first-order chi connectivity index (χ1) is 19.8. The third-order valence-electron chi connectivity index (χ3n) is 7.68. The van der Waals surface area contributed by atoms with Crippen LogP contribution in [0.15, 0.2) is 132 Å². The van der Waals surface area contributed by atoms with Gasteiger partial charge in [0.05, 0.1) is 39.4 Å². The quantitative estimate of drug-likeness (QED) is 0.237. The summed E-state index contributed by atoms with van der Waals surface area (Å²) >= 11 is 0. The van der Waals surface area contributed by atoms with Crippen molar-refractivity contribution in [3.05, 3.63) is 133 Å². The van der Waals surface area contributed by atoms with Crippen molar-refractivity contribution < 1.29 is 4.42 Å². The highest BCUT2D eigenvalue weighted by molar-refractivity contribution is 6.24. The summed E-state index contributed by atoms with van der Waals surface area (Å²) in [6.45, 7) is 0. The maximum atomic E-state index is 9.38. The summed E-state index contributed by atoms with van der Waals surface area (Å²) in [5.74, 6) is 0. The third kappa shape index (κ3) is 3.28. The van der Waals surface area contributed by atoms with E-state index in [0.29, 0.717) is 5.56 Å². The number of aromatic nitrogens is 2. The van der Waals surface area contributed by atoms with Crippen molar-refractivity contribution in [1.82, 2.24) is 9.55 Å². The Morgan fingerprint density at radius 1 is 0.650 bits per heavy atom. The molecule has 0 aliphatic rings. The smallest absolute Gasteiger partial charge is 0.145 e. The predicted octanol–water partition coefficient (Wildman–Crippen LogP) is 9.28. The summed E-state index contributed by atoms with van der Waals surface area (Å²) in [6.07, 6.45) is 1.69. The molecule has 0 amide bonds. The molecule has 5 aromatic carbocycles. The van der Waals surface area contributed by atoms with Crippen molar-refractivity contribution in [3.8, 4) is 34.1 Å². The van der Waals surface area contributed by atoms with Crippen molar-refractivity contribution >= 4 is 43.7 Å². The van der Waals surface area contributed by atoms with E-state index in [1.807, 2.05) is 30.3 Å². The third-order valence-corrected chi connectivity index (χ3v) is 7.68. The molecule has 8 rings (SSSR count). The normalized spacial score (nSPS) is 11.5. The van der Waals surface area contributed by atoms with E-state index < -0.39 is 0 Å². The highest BCUT2D eigenvalue weighted by Crippen LogP contribution is 2.42. The van der Waals surface area contributed by atoms with Crippen LogP contribution in [0.3, 0.4) is 0 Å². The minimum Gasteiger partial charge on any atom is -0.455 e. The van der Waals surface area contributed by atoms with Gasteiger partial charge in [0.25, 0.3) is 0 Å². The van der Waals surface area contributed by atoms with E-state index in [0.717, 1.165) is 71.8 Å². The van der Waals surface area contributed by atoms with Gasteiger partial charge in [0.15, 0.2) is 0 Å². The van der Waals surface area contributed by atoms with Crippen molar-refractivity contribution in [2.75, 3.05) is 0 Å². The molecule has 0 fully saturated rings. The van der Waals surface area contributed by atoms with E-state index in [1.54, 1.807) is 12.3 Å². The molecule has 0 unspecified atom stereocenters. The SMILES string of the molecule is N#Cc1ccnc(-c2cccc(-c3ccccc3-n3c4ccccc4c4c5oc6ccccc6c5ccc43)c2)c1.